The minimum absolute atomic E-state index is 0.240. The summed E-state index contributed by atoms with van der Waals surface area (Å²) in [6.45, 7) is 4.03. The minimum atomic E-state index is -0.390. The van der Waals surface area contributed by atoms with Gasteiger partial charge in [0.2, 0.25) is 0 Å². The van der Waals surface area contributed by atoms with E-state index in [2.05, 4.69) is 19.2 Å². The minimum Gasteiger partial charge on any atom is -0.456 e. The molecule has 1 amide bonds. The van der Waals surface area contributed by atoms with Gasteiger partial charge in [0.05, 0.1) is 6.42 Å². The highest BCUT2D eigenvalue weighted by atomic mass is 35.5. The van der Waals surface area contributed by atoms with E-state index in [1.54, 1.807) is 0 Å². The van der Waals surface area contributed by atoms with Crippen molar-refractivity contribution in [2.45, 2.75) is 37.5 Å². The third-order valence-electron chi connectivity index (χ3n) is 4.13. The number of carbonyl (C=O) groups is 2. The highest BCUT2D eigenvalue weighted by Gasteiger charge is 2.09. The Bertz CT molecular complexity index is 747. The molecule has 0 aliphatic carbocycles. The van der Waals surface area contributed by atoms with E-state index >= 15 is 0 Å². The van der Waals surface area contributed by atoms with Crippen LogP contribution in [0.5, 0.6) is 0 Å². The van der Waals surface area contributed by atoms with Gasteiger partial charge in [-0.15, -0.1) is 11.8 Å². The van der Waals surface area contributed by atoms with Gasteiger partial charge in [0.1, 0.15) is 0 Å². The Hall–Kier alpha value is -1.98. The normalized spacial score (nSPS) is 11.7. The fraction of sp³-hybridized carbons (Fsp3) is 0.333. The van der Waals surface area contributed by atoms with Crippen LogP contribution in [-0.2, 0) is 14.3 Å². The van der Waals surface area contributed by atoms with Crippen LogP contribution in [0.2, 0.25) is 5.02 Å². The molecular formula is C21H24ClNO3S. The molecule has 2 aromatic carbocycles. The maximum atomic E-state index is 11.9. The van der Waals surface area contributed by atoms with Gasteiger partial charge in [0.15, 0.2) is 6.61 Å². The lowest BCUT2D eigenvalue weighted by molar-refractivity contribution is -0.146. The summed E-state index contributed by atoms with van der Waals surface area (Å²) in [5.41, 5.74) is 1.93. The molecule has 0 heterocycles. The number of esters is 1. The monoisotopic (exact) mass is 405 g/mol. The number of anilines is 1. The summed E-state index contributed by atoms with van der Waals surface area (Å²) >= 11 is 7.37. The van der Waals surface area contributed by atoms with Crippen LogP contribution >= 0.6 is 23.4 Å². The molecule has 0 aliphatic heterocycles. The average molecular weight is 406 g/mol. The van der Waals surface area contributed by atoms with E-state index in [1.807, 2.05) is 48.5 Å². The van der Waals surface area contributed by atoms with Gasteiger partial charge in [-0.1, -0.05) is 37.6 Å². The highest BCUT2D eigenvalue weighted by molar-refractivity contribution is 7.99. The first-order valence-corrected chi connectivity index (χ1v) is 10.3. The zero-order valence-corrected chi connectivity index (χ0v) is 17.1. The van der Waals surface area contributed by atoms with Gasteiger partial charge >= 0.3 is 5.97 Å². The van der Waals surface area contributed by atoms with Gasteiger partial charge in [0, 0.05) is 21.4 Å². The van der Waals surface area contributed by atoms with Crippen LogP contribution in [-0.4, -0.2) is 24.2 Å². The van der Waals surface area contributed by atoms with Crippen molar-refractivity contribution >= 4 is 40.9 Å². The van der Waals surface area contributed by atoms with Crippen molar-refractivity contribution in [3.05, 3.63) is 59.1 Å². The Labute approximate surface area is 169 Å². The van der Waals surface area contributed by atoms with Gasteiger partial charge in [-0.25, -0.2) is 0 Å². The smallest absolute Gasteiger partial charge is 0.307 e. The molecule has 0 unspecified atom stereocenters. The van der Waals surface area contributed by atoms with E-state index in [0.717, 1.165) is 11.3 Å². The van der Waals surface area contributed by atoms with Crippen molar-refractivity contribution in [2.24, 2.45) is 0 Å². The predicted octanol–water partition coefficient (Wildman–Crippen LogP) is 5.52. The summed E-state index contributed by atoms with van der Waals surface area (Å²) in [6.07, 6.45) is 1.31. The zero-order chi connectivity index (χ0) is 19.6. The van der Waals surface area contributed by atoms with Gasteiger partial charge in [-0.3, -0.25) is 9.59 Å². The summed E-state index contributed by atoms with van der Waals surface area (Å²) in [5, 5.41) is 3.41. The fourth-order valence-electron chi connectivity index (χ4n) is 2.33. The number of thioether (sulfide) groups is 1. The van der Waals surface area contributed by atoms with Crippen LogP contribution in [0.25, 0.3) is 0 Å². The van der Waals surface area contributed by atoms with Crippen molar-refractivity contribution in [1.29, 1.82) is 0 Å². The number of nitrogens with one attached hydrogen (secondary N) is 1. The molecule has 144 valence electrons. The number of hydrogen-bond donors (Lipinski definition) is 1. The standard InChI is InChI=1S/C21H24ClNO3S/c1-3-15(2)16-4-8-18(9-5-16)23-20(24)14-26-21(25)12-13-27-19-10-6-17(22)7-11-19/h4-11,15H,3,12-14H2,1-2H3,(H,23,24)/t15-/m1/s1. The Balaban J connectivity index is 1.67. The first-order valence-electron chi connectivity index (χ1n) is 8.91. The molecule has 6 heteroatoms. The number of carbonyl (C=O) groups excluding carboxylic acids is 2. The van der Waals surface area contributed by atoms with E-state index in [-0.39, 0.29) is 18.9 Å². The SMILES string of the molecule is CC[C@@H](C)c1ccc(NC(=O)COC(=O)CCSc2ccc(Cl)cc2)cc1. The molecule has 4 nitrogen and oxygen atoms in total. The summed E-state index contributed by atoms with van der Waals surface area (Å²) in [6, 6.07) is 15.2. The molecule has 2 aromatic rings. The van der Waals surface area contributed by atoms with E-state index in [1.165, 1.54) is 17.3 Å². The Kier molecular flexibility index (Phi) is 8.69. The average Bonchev–Trinajstić information content (AvgIpc) is 2.68. The lowest BCUT2D eigenvalue weighted by atomic mass is 9.99. The number of hydrogen-bond acceptors (Lipinski definition) is 4. The predicted molar refractivity (Wildman–Crippen MR) is 112 cm³/mol. The van der Waals surface area contributed by atoms with Crippen molar-refractivity contribution < 1.29 is 14.3 Å². The molecule has 0 aromatic heterocycles. The van der Waals surface area contributed by atoms with Gasteiger partial charge in [0.25, 0.3) is 5.91 Å². The van der Waals surface area contributed by atoms with Gasteiger partial charge < -0.3 is 10.1 Å². The fourth-order valence-corrected chi connectivity index (χ4v) is 3.29. The summed E-state index contributed by atoms with van der Waals surface area (Å²) in [7, 11) is 0. The van der Waals surface area contributed by atoms with E-state index in [0.29, 0.717) is 22.4 Å². The van der Waals surface area contributed by atoms with Gasteiger partial charge in [-0.05, 0) is 54.3 Å². The van der Waals surface area contributed by atoms with E-state index in [9.17, 15) is 9.59 Å². The first-order chi connectivity index (χ1) is 13.0. The molecule has 0 fully saturated rings. The van der Waals surface area contributed by atoms with Crippen LogP contribution in [0.15, 0.2) is 53.4 Å². The molecule has 0 saturated carbocycles. The number of halogens is 1. The lowest BCUT2D eigenvalue weighted by Gasteiger charge is -2.10. The molecular weight excluding hydrogens is 382 g/mol. The number of rotatable bonds is 9. The van der Waals surface area contributed by atoms with Crippen molar-refractivity contribution in [3.8, 4) is 0 Å². The van der Waals surface area contributed by atoms with Crippen LogP contribution in [0.4, 0.5) is 5.69 Å². The first kappa shape index (κ1) is 21.3. The molecule has 27 heavy (non-hydrogen) atoms. The van der Waals surface area contributed by atoms with Crippen molar-refractivity contribution in [2.75, 3.05) is 17.7 Å². The van der Waals surface area contributed by atoms with E-state index in [4.69, 9.17) is 16.3 Å². The Morgan fingerprint density at radius 2 is 1.78 bits per heavy atom. The number of ether oxygens (including phenoxy) is 1. The van der Waals surface area contributed by atoms with Crippen molar-refractivity contribution in [3.63, 3.8) is 0 Å². The molecule has 0 bridgehead atoms. The third-order valence-corrected chi connectivity index (χ3v) is 5.39. The maximum absolute atomic E-state index is 11.9. The summed E-state index contributed by atoms with van der Waals surface area (Å²) < 4.78 is 5.03. The zero-order valence-electron chi connectivity index (χ0n) is 15.5. The number of amides is 1. The highest BCUT2D eigenvalue weighted by Crippen LogP contribution is 2.21. The van der Waals surface area contributed by atoms with E-state index < -0.39 is 5.97 Å². The van der Waals surface area contributed by atoms with Crippen LogP contribution < -0.4 is 5.32 Å². The molecule has 1 atom stereocenters. The second-order valence-electron chi connectivity index (χ2n) is 6.19. The second kappa shape index (κ2) is 11.0. The lowest BCUT2D eigenvalue weighted by Crippen LogP contribution is -2.21. The molecule has 1 N–H and O–H groups in total. The summed E-state index contributed by atoms with van der Waals surface area (Å²) in [4.78, 5) is 24.7. The topological polar surface area (TPSA) is 55.4 Å². The van der Waals surface area contributed by atoms with Crippen LogP contribution in [0.3, 0.4) is 0 Å². The summed E-state index contributed by atoms with van der Waals surface area (Å²) in [5.74, 6) is 0.337. The van der Waals surface area contributed by atoms with Gasteiger partial charge in [-0.2, -0.15) is 0 Å². The molecule has 0 aliphatic rings. The quantitative estimate of drug-likeness (QED) is 0.441. The number of benzene rings is 2. The van der Waals surface area contributed by atoms with Crippen LogP contribution in [0.1, 0.15) is 38.2 Å². The largest absolute Gasteiger partial charge is 0.456 e. The van der Waals surface area contributed by atoms with Crippen molar-refractivity contribution in [1.82, 2.24) is 0 Å². The molecule has 0 radical (unpaired) electrons. The molecule has 0 saturated heterocycles. The third kappa shape index (κ3) is 7.65. The maximum Gasteiger partial charge on any atom is 0.307 e. The Morgan fingerprint density at radius 3 is 2.41 bits per heavy atom. The van der Waals surface area contributed by atoms with Crippen LogP contribution in [0, 0.1) is 0 Å². The Morgan fingerprint density at radius 1 is 1.11 bits per heavy atom. The molecule has 0 spiro atoms. The molecule has 2 rings (SSSR count). The second-order valence-corrected chi connectivity index (χ2v) is 7.80.